The van der Waals surface area contributed by atoms with Gasteiger partial charge in [0.15, 0.2) is 0 Å². The molecule has 1 amide bonds. The summed E-state index contributed by atoms with van der Waals surface area (Å²) in [6.07, 6.45) is 1.62. The fourth-order valence-corrected chi connectivity index (χ4v) is 3.46. The zero-order valence-electron chi connectivity index (χ0n) is 15.1. The SMILES string of the molecule is COc1ccc([C@@H]2C[C@H]2CC(=O)N(C)c2ccc3ccccc3n2)cc1. The Kier molecular flexibility index (Phi) is 4.33. The third-order valence-corrected chi connectivity index (χ3v) is 5.20. The van der Waals surface area contributed by atoms with Crippen molar-refractivity contribution in [3.63, 3.8) is 0 Å². The number of hydrogen-bond acceptors (Lipinski definition) is 3. The summed E-state index contributed by atoms with van der Waals surface area (Å²) in [6.45, 7) is 0. The number of hydrogen-bond donors (Lipinski definition) is 0. The number of fused-ring (bicyclic) bond motifs is 1. The van der Waals surface area contributed by atoms with Gasteiger partial charge < -0.3 is 4.74 Å². The number of carbonyl (C=O) groups excluding carboxylic acids is 1. The average Bonchev–Trinajstić information content (AvgIpc) is 3.46. The zero-order valence-corrected chi connectivity index (χ0v) is 15.1. The molecular weight excluding hydrogens is 324 g/mol. The Morgan fingerprint density at radius 1 is 1.12 bits per heavy atom. The molecule has 3 aromatic rings. The maximum Gasteiger partial charge on any atom is 0.228 e. The molecule has 1 heterocycles. The van der Waals surface area contributed by atoms with Gasteiger partial charge in [0.05, 0.1) is 12.6 Å². The second-order valence-corrected chi connectivity index (χ2v) is 6.89. The first-order valence-corrected chi connectivity index (χ1v) is 8.92. The first-order chi connectivity index (χ1) is 12.7. The zero-order chi connectivity index (χ0) is 18.1. The van der Waals surface area contributed by atoms with E-state index in [2.05, 4.69) is 17.1 Å². The Bertz CT molecular complexity index is 936. The van der Waals surface area contributed by atoms with E-state index in [0.717, 1.165) is 23.1 Å². The summed E-state index contributed by atoms with van der Waals surface area (Å²) in [5, 5.41) is 1.08. The molecule has 0 bridgehead atoms. The van der Waals surface area contributed by atoms with Crippen LogP contribution in [-0.2, 0) is 4.79 Å². The van der Waals surface area contributed by atoms with Crippen molar-refractivity contribution in [1.82, 2.24) is 4.98 Å². The summed E-state index contributed by atoms with van der Waals surface area (Å²) < 4.78 is 5.20. The van der Waals surface area contributed by atoms with E-state index in [9.17, 15) is 4.79 Å². The lowest BCUT2D eigenvalue weighted by Gasteiger charge is -2.17. The number of para-hydroxylation sites is 1. The minimum atomic E-state index is 0.119. The number of pyridine rings is 1. The molecule has 4 nitrogen and oxygen atoms in total. The molecule has 26 heavy (non-hydrogen) atoms. The van der Waals surface area contributed by atoms with Gasteiger partial charge in [-0.2, -0.15) is 0 Å². The predicted octanol–water partition coefficient (Wildman–Crippen LogP) is 4.40. The molecule has 2 aromatic carbocycles. The van der Waals surface area contributed by atoms with Gasteiger partial charge in [-0.15, -0.1) is 0 Å². The first-order valence-electron chi connectivity index (χ1n) is 8.92. The Hall–Kier alpha value is -2.88. The Labute approximate surface area is 153 Å². The van der Waals surface area contributed by atoms with Crippen LogP contribution in [0.3, 0.4) is 0 Å². The van der Waals surface area contributed by atoms with Crippen molar-refractivity contribution in [2.24, 2.45) is 5.92 Å². The third kappa shape index (κ3) is 3.27. The predicted molar refractivity (Wildman–Crippen MR) is 104 cm³/mol. The lowest BCUT2D eigenvalue weighted by molar-refractivity contribution is -0.118. The number of aromatic nitrogens is 1. The lowest BCUT2D eigenvalue weighted by Crippen LogP contribution is -2.27. The molecule has 0 saturated heterocycles. The molecule has 1 fully saturated rings. The van der Waals surface area contributed by atoms with Gasteiger partial charge in [0, 0.05) is 18.9 Å². The normalized spacial score (nSPS) is 18.5. The highest BCUT2D eigenvalue weighted by atomic mass is 16.5. The lowest BCUT2D eigenvalue weighted by atomic mass is 10.1. The van der Waals surface area contributed by atoms with E-state index in [4.69, 9.17) is 4.74 Å². The first kappa shape index (κ1) is 16.6. The molecule has 1 aromatic heterocycles. The molecule has 1 aliphatic rings. The molecule has 0 aliphatic heterocycles. The standard InChI is InChI=1S/C22H22N2O2/c1-24(21-12-9-16-5-3-4-6-20(16)23-21)22(25)14-17-13-19(17)15-7-10-18(26-2)11-8-15/h3-12,17,19H,13-14H2,1-2H3/t17-,19-/m0/s1. The fraction of sp³-hybridized carbons (Fsp3) is 0.273. The summed E-state index contributed by atoms with van der Waals surface area (Å²) >= 11 is 0. The summed E-state index contributed by atoms with van der Waals surface area (Å²) in [6, 6.07) is 20.0. The van der Waals surface area contributed by atoms with Crippen LogP contribution in [0.25, 0.3) is 10.9 Å². The largest absolute Gasteiger partial charge is 0.497 e. The second-order valence-electron chi connectivity index (χ2n) is 6.89. The fourth-order valence-electron chi connectivity index (χ4n) is 3.46. The van der Waals surface area contributed by atoms with Crippen LogP contribution in [0.2, 0.25) is 0 Å². The van der Waals surface area contributed by atoms with E-state index in [1.807, 2.05) is 55.6 Å². The number of anilines is 1. The van der Waals surface area contributed by atoms with Crippen molar-refractivity contribution in [2.75, 3.05) is 19.1 Å². The minimum Gasteiger partial charge on any atom is -0.497 e. The molecular formula is C22H22N2O2. The number of nitrogens with zero attached hydrogens (tertiary/aromatic N) is 2. The average molecular weight is 346 g/mol. The molecule has 0 radical (unpaired) electrons. The molecule has 132 valence electrons. The Morgan fingerprint density at radius 2 is 1.88 bits per heavy atom. The van der Waals surface area contributed by atoms with Crippen LogP contribution >= 0.6 is 0 Å². The van der Waals surface area contributed by atoms with Crippen molar-refractivity contribution in [3.05, 3.63) is 66.2 Å². The van der Waals surface area contributed by atoms with E-state index in [0.29, 0.717) is 24.1 Å². The number of methoxy groups -OCH3 is 1. The molecule has 0 unspecified atom stereocenters. The van der Waals surface area contributed by atoms with Crippen molar-refractivity contribution >= 4 is 22.6 Å². The summed E-state index contributed by atoms with van der Waals surface area (Å²) in [4.78, 5) is 19.0. The monoisotopic (exact) mass is 346 g/mol. The van der Waals surface area contributed by atoms with Gasteiger partial charge in [-0.3, -0.25) is 9.69 Å². The summed E-state index contributed by atoms with van der Waals surface area (Å²) in [5.74, 6) is 2.58. The number of ether oxygens (including phenoxy) is 1. The number of amides is 1. The van der Waals surface area contributed by atoms with Gasteiger partial charge in [0.1, 0.15) is 11.6 Å². The van der Waals surface area contributed by atoms with Gasteiger partial charge in [0.2, 0.25) is 5.91 Å². The van der Waals surface area contributed by atoms with Crippen molar-refractivity contribution in [1.29, 1.82) is 0 Å². The number of carbonyl (C=O) groups is 1. The van der Waals surface area contributed by atoms with Crippen LogP contribution in [0.1, 0.15) is 24.3 Å². The summed E-state index contributed by atoms with van der Waals surface area (Å²) in [5.41, 5.74) is 2.20. The summed E-state index contributed by atoms with van der Waals surface area (Å²) in [7, 11) is 3.48. The van der Waals surface area contributed by atoms with Gasteiger partial charge in [-0.05, 0) is 54.2 Å². The Balaban J connectivity index is 1.41. The van der Waals surface area contributed by atoms with Crippen molar-refractivity contribution < 1.29 is 9.53 Å². The van der Waals surface area contributed by atoms with E-state index in [-0.39, 0.29) is 5.91 Å². The van der Waals surface area contributed by atoms with Crippen LogP contribution in [0.15, 0.2) is 60.7 Å². The third-order valence-electron chi connectivity index (χ3n) is 5.20. The second kappa shape index (κ2) is 6.79. The molecule has 0 spiro atoms. The number of rotatable bonds is 5. The quantitative estimate of drug-likeness (QED) is 0.688. The highest BCUT2D eigenvalue weighted by Crippen LogP contribution is 2.50. The van der Waals surface area contributed by atoms with Gasteiger partial charge >= 0.3 is 0 Å². The number of benzene rings is 2. The molecule has 2 atom stereocenters. The minimum absolute atomic E-state index is 0.119. The molecule has 0 N–H and O–H groups in total. The van der Waals surface area contributed by atoms with Gasteiger partial charge in [-0.1, -0.05) is 30.3 Å². The molecule has 4 heteroatoms. The smallest absolute Gasteiger partial charge is 0.228 e. The van der Waals surface area contributed by atoms with E-state index < -0.39 is 0 Å². The maximum atomic E-state index is 12.7. The Morgan fingerprint density at radius 3 is 2.65 bits per heavy atom. The van der Waals surface area contributed by atoms with E-state index >= 15 is 0 Å². The van der Waals surface area contributed by atoms with Crippen molar-refractivity contribution in [2.45, 2.75) is 18.8 Å². The van der Waals surface area contributed by atoms with Crippen LogP contribution in [0, 0.1) is 5.92 Å². The van der Waals surface area contributed by atoms with Crippen LogP contribution in [0.4, 0.5) is 5.82 Å². The highest BCUT2D eigenvalue weighted by molar-refractivity contribution is 5.93. The van der Waals surface area contributed by atoms with Crippen LogP contribution in [0.5, 0.6) is 5.75 Å². The molecule has 4 rings (SSSR count). The van der Waals surface area contributed by atoms with E-state index in [1.165, 1.54) is 5.56 Å². The molecule has 1 saturated carbocycles. The molecule has 1 aliphatic carbocycles. The highest BCUT2D eigenvalue weighted by Gasteiger charge is 2.40. The van der Waals surface area contributed by atoms with E-state index in [1.54, 1.807) is 12.0 Å². The maximum absolute atomic E-state index is 12.7. The van der Waals surface area contributed by atoms with Gasteiger partial charge in [-0.25, -0.2) is 4.98 Å². The topological polar surface area (TPSA) is 42.4 Å². The van der Waals surface area contributed by atoms with Crippen LogP contribution < -0.4 is 9.64 Å². The van der Waals surface area contributed by atoms with Gasteiger partial charge in [0.25, 0.3) is 0 Å². The van der Waals surface area contributed by atoms with Crippen LogP contribution in [-0.4, -0.2) is 25.0 Å². The van der Waals surface area contributed by atoms with Crippen molar-refractivity contribution in [3.8, 4) is 5.75 Å².